The van der Waals surface area contributed by atoms with E-state index in [0.29, 0.717) is 18.5 Å². The minimum atomic E-state index is -0.952. The summed E-state index contributed by atoms with van der Waals surface area (Å²) in [6.45, 7) is 0. The molecule has 7 heteroatoms. The van der Waals surface area contributed by atoms with E-state index in [1.807, 2.05) is 0 Å². The van der Waals surface area contributed by atoms with Gasteiger partial charge in [-0.3, -0.25) is 18.7 Å². The zero-order valence-corrected chi connectivity index (χ0v) is 14.5. The molecule has 2 aromatic rings. The highest BCUT2D eigenvalue weighted by Crippen LogP contribution is 2.39. The van der Waals surface area contributed by atoms with Gasteiger partial charge in [0, 0.05) is 26.2 Å². The first-order valence-corrected chi connectivity index (χ1v) is 8.53. The van der Waals surface area contributed by atoms with Crippen LogP contribution in [0.15, 0.2) is 23.0 Å². The summed E-state index contributed by atoms with van der Waals surface area (Å²) >= 11 is 0. The number of aliphatic carboxylic acids is 1. The number of imidazole rings is 1. The van der Waals surface area contributed by atoms with Gasteiger partial charge in [-0.25, -0.2) is 4.79 Å². The van der Waals surface area contributed by atoms with Gasteiger partial charge in [0.05, 0.1) is 16.4 Å². The molecule has 0 unspecified atom stereocenters. The van der Waals surface area contributed by atoms with Crippen LogP contribution in [-0.2, 0) is 23.7 Å². The van der Waals surface area contributed by atoms with E-state index in [1.165, 1.54) is 4.57 Å². The van der Waals surface area contributed by atoms with Crippen LogP contribution in [0.1, 0.15) is 38.5 Å². The van der Waals surface area contributed by atoms with E-state index in [9.17, 15) is 19.5 Å². The second-order valence-electron chi connectivity index (χ2n) is 6.98. The maximum atomic E-state index is 12.4. The van der Waals surface area contributed by atoms with E-state index >= 15 is 0 Å². The van der Waals surface area contributed by atoms with Crippen molar-refractivity contribution in [3.8, 4) is 0 Å². The molecule has 0 saturated heterocycles. The van der Waals surface area contributed by atoms with E-state index in [0.717, 1.165) is 30.3 Å². The molecule has 0 atom stereocenters. The number of carbonyl (C=O) groups is 2. The molecule has 0 spiro atoms. The predicted octanol–water partition coefficient (Wildman–Crippen LogP) is 2.24. The van der Waals surface area contributed by atoms with Crippen LogP contribution in [0.25, 0.3) is 11.0 Å². The number of aryl methyl sites for hydroxylation is 2. The summed E-state index contributed by atoms with van der Waals surface area (Å²) in [5.41, 5.74) is 0.975. The Morgan fingerprint density at radius 3 is 2.40 bits per heavy atom. The predicted molar refractivity (Wildman–Crippen MR) is 94.6 cm³/mol. The van der Waals surface area contributed by atoms with Gasteiger partial charge < -0.3 is 10.4 Å². The quantitative estimate of drug-likeness (QED) is 0.889. The van der Waals surface area contributed by atoms with E-state index in [1.54, 1.807) is 36.9 Å². The molecule has 1 saturated carbocycles. The maximum Gasteiger partial charge on any atom is 0.328 e. The van der Waals surface area contributed by atoms with E-state index in [4.69, 9.17) is 0 Å². The third-order valence-electron chi connectivity index (χ3n) is 5.32. The van der Waals surface area contributed by atoms with Gasteiger partial charge in [0.2, 0.25) is 5.91 Å². The molecule has 0 aliphatic heterocycles. The summed E-state index contributed by atoms with van der Waals surface area (Å²) < 4.78 is 3.06. The first-order valence-electron chi connectivity index (χ1n) is 8.53. The van der Waals surface area contributed by atoms with Crippen LogP contribution in [0.2, 0.25) is 0 Å². The fourth-order valence-corrected chi connectivity index (χ4v) is 3.79. The molecule has 1 aliphatic carbocycles. The van der Waals surface area contributed by atoms with Crippen LogP contribution in [0, 0.1) is 5.41 Å². The lowest BCUT2D eigenvalue weighted by molar-refractivity contribution is -0.153. The van der Waals surface area contributed by atoms with Gasteiger partial charge >= 0.3 is 11.7 Å². The SMILES string of the molecule is Cn1c(=O)n(C)c2cc(NC(=O)CC3(C(=O)O)CCCCC3)ccc21. The van der Waals surface area contributed by atoms with Crippen molar-refractivity contribution in [2.45, 2.75) is 38.5 Å². The van der Waals surface area contributed by atoms with Gasteiger partial charge in [0.1, 0.15) is 0 Å². The Labute approximate surface area is 145 Å². The largest absolute Gasteiger partial charge is 0.481 e. The summed E-state index contributed by atoms with van der Waals surface area (Å²) in [6, 6.07) is 5.25. The van der Waals surface area contributed by atoms with Crippen molar-refractivity contribution in [2.24, 2.45) is 19.5 Å². The van der Waals surface area contributed by atoms with Gasteiger partial charge in [-0.2, -0.15) is 0 Å². The second kappa shape index (κ2) is 6.38. The minimum Gasteiger partial charge on any atom is -0.481 e. The number of anilines is 1. The van der Waals surface area contributed by atoms with Crippen molar-refractivity contribution in [3.63, 3.8) is 0 Å². The van der Waals surface area contributed by atoms with E-state index in [2.05, 4.69) is 5.32 Å². The molecule has 134 valence electrons. The third kappa shape index (κ3) is 3.06. The molecule has 0 radical (unpaired) electrons. The Morgan fingerprint density at radius 1 is 1.12 bits per heavy atom. The number of nitrogens with zero attached hydrogens (tertiary/aromatic N) is 2. The van der Waals surface area contributed by atoms with Crippen molar-refractivity contribution < 1.29 is 14.7 Å². The molecule has 1 fully saturated rings. The second-order valence-corrected chi connectivity index (χ2v) is 6.98. The molecule has 1 heterocycles. The van der Waals surface area contributed by atoms with Crippen LogP contribution in [-0.4, -0.2) is 26.1 Å². The van der Waals surface area contributed by atoms with Crippen LogP contribution < -0.4 is 11.0 Å². The lowest BCUT2D eigenvalue weighted by atomic mass is 9.71. The number of benzene rings is 1. The number of carbonyl (C=O) groups excluding carboxylic acids is 1. The average Bonchev–Trinajstić information content (AvgIpc) is 2.80. The smallest absolute Gasteiger partial charge is 0.328 e. The summed E-state index contributed by atoms with van der Waals surface area (Å²) in [6.07, 6.45) is 3.78. The van der Waals surface area contributed by atoms with Crippen LogP contribution in [0.4, 0.5) is 5.69 Å². The van der Waals surface area contributed by atoms with Crippen molar-refractivity contribution >= 4 is 28.6 Å². The number of hydrogen-bond acceptors (Lipinski definition) is 3. The lowest BCUT2D eigenvalue weighted by Crippen LogP contribution is -2.37. The molecule has 25 heavy (non-hydrogen) atoms. The molecular formula is C18H23N3O4. The molecule has 1 aromatic heterocycles. The first kappa shape index (κ1) is 17.3. The van der Waals surface area contributed by atoms with Gasteiger partial charge in [0.25, 0.3) is 0 Å². The summed E-state index contributed by atoms with van der Waals surface area (Å²) in [4.78, 5) is 36.1. The van der Waals surface area contributed by atoms with Crippen molar-refractivity contribution in [2.75, 3.05) is 5.32 Å². The molecule has 1 amide bonds. The zero-order chi connectivity index (χ0) is 18.2. The van der Waals surface area contributed by atoms with Gasteiger partial charge in [0.15, 0.2) is 0 Å². The zero-order valence-electron chi connectivity index (χ0n) is 14.5. The number of fused-ring (bicyclic) bond motifs is 1. The van der Waals surface area contributed by atoms with Crippen molar-refractivity contribution in [1.29, 1.82) is 0 Å². The topological polar surface area (TPSA) is 93.3 Å². The van der Waals surface area contributed by atoms with Crippen LogP contribution in [0.3, 0.4) is 0 Å². The Kier molecular flexibility index (Phi) is 4.41. The van der Waals surface area contributed by atoms with E-state index in [-0.39, 0.29) is 18.0 Å². The van der Waals surface area contributed by atoms with Crippen molar-refractivity contribution in [3.05, 3.63) is 28.7 Å². The summed E-state index contributed by atoms with van der Waals surface area (Å²) in [7, 11) is 3.38. The highest BCUT2D eigenvalue weighted by molar-refractivity contribution is 5.96. The molecule has 1 aliphatic rings. The third-order valence-corrected chi connectivity index (χ3v) is 5.32. The molecule has 2 N–H and O–H groups in total. The standard InChI is InChI=1S/C18H23N3O4/c1-20-13-7-6-12(10-14(13)21(2)17(20)25)19-15(22)11-18(16(23)24)8-4-3-5-9-18/h6-7,10H,3-5,8-9,11H2,1-2H3,(H,19,22)(H,23,24). The molecule has 1 aromatic carbocycles. The number of amides is 1. The Bertz CT molecular complexity index is 888. The number of nitrogens with one attached hydrogen (secondary N) is 1. The number of carboxylic acids is 1. The number of rotatable bonds is 4. The monoisotopic (exact) mass is 345 g/mol. The number of carboxylic acid groups (broad SMARTS) is 1. The summed E-state index contributed by atoms with van der Waals surface area (Å²) in [5, 5.41) is 12.4. The van der Waals surface area contributed by atoms with Gasteiger partial charge in [-0.1, -0.05) is 19.3 Å². The molecule has 0 bridgehead atoms. The molecular weight excluding hydrogens is 322 g/mol. The van der Waals surface area contributed by atoms with Crippen LogP contribution in [0.5, 0.6) is 0 Å². The maximum absolute atomic E-state index is 12.4. The molecule has 3 rings (SSSR count). The van der Waals surface area contributed by atoms with Gasteiger partial charge in [-0.05, 0) is 31.0 Å². The minimum absolute atomic E-state index is 0.0198. The first-order chi connectivity index (χ1) is 11.8. The lowest BCUT2D eigenvalue weighted by Gasteiger charge is -2.32. The summed E-state index contributed by atoms with van der Waals surface area (Å²) in [5.74, 6) is -1.19. The van der Waals surface area contributed by atoms with Crippen LogP contribution >= 0.6 is 0 Å². The normalized spacial score (nSPS) is 16.7. The Balaban J connectivity index is 1.81. The number of aromatic nitrogens is 2. The van der Waals surface area contributed by atoms with E-state index < -0.39 is 11.4 Å². The highest BCUT2D eigenvalue weighted by Gasteiger charge is 2.41. The van der Waals surface area contributed by atoms with Crippen molar-refractivity contribution in [1.82, 2.24) is 9.13 Å². The fourth-order valence-electron chi connectivity index (χ4n) is 3.79. The Hall–Kier alpha value is -2.57. The number of hydrogen-bond donors (Lipinski definition) is 2. The van der Waals surface area contributed by atoms with Gasteiger partial charge in [-0.15, -0.1) is 0 Å². The highest BCUT2D eigenvalue weighted by atomic mass is 16.4. The molecule has 7 nitrogen and oxygen atoms in total. The fraction of sp³-hybridized carbons (Fsp3) is 0.500. The Morgan fingerprint density at radius 2 is 1.76 bits per heavy atom. The average molecular weight is 345 g/mol.